The van der Waals surface area contributed by atoms with Crippen LogP contribution < -0.4 is 4.74 Å². The highest BCUT2D eigenvalue weighted by atomic mass is 19.1. The van der Waals surface area contributed by atoms with Gasteiger partial charge in [0.05, 0.1) is 37.0 Å². The Morgan fingerprint density at radius 1 is 1.21 bits per heavy atom. The van der Waals surface area contributed by atoms with Crippen molar-refractivity contribution < 1.29 is 23.1 Å². The van der Waals surface area contributed by atoms with Crippen molar-refractivity contribution in [1.29, 1.82) is 0 Å². The van der Waals surface area contributed by atoms with E-state index in [9.17, 15) is 9.50 Å². The first kappa shape index (κ1) is 20.8. The van der Waals surface area contributed by atoms with E-state index in [4.69, 9.17) is 9.72 Å². The number of aromatic nitrogens is 1. The maximum absolute atomic E-state index is 15.3. The Morgan fingerprint density at radius 2 is 2.06 bits per heavy atom. The number of aliphatic hydroxyl groups excluding tert-OH is 1. The van der Waals surface area contributed by atoms with Crippen molar-refractivity contribution in [3.63, 3.8) is 0 Å². The fourth-order valence-corrected chi connectivity index (χ4v) is 6.64. The molecule has 0 saturated carbocycles. The maximum Gasteiger partial charge on any atom is 0.135 e. The molecule has 1 aromatic heterocycles. The molecule has 3 aromatic rings. The summed E-state index contributed by atoms with van der Waals surface area (Å²) in [6.07, 6.45) is 3.13. The molecule has 1 N–H and O–H groups in total. The number of piperidine rings is 3. The quantitative estimate of drug-likeness (QED) is 0.435. The van der Waals surface area contributed by atoms with Gasteiger partial charge < -0.3 is 14.3 Å². The third kappa shape index (κ3) is 3.04. The second kappa shape index (κ2) is 7.34. The molecule has 0 aliphatic carbocycles. The average molecular weight is 450 g/mol. The van der Waals surface area contributed by atoms with Gasteiger partial charge in [0.25, 0.3) is 0 Å². The predicted molar refractivity (Wildman–Crippen MR) is 123 cm³/mol. The number of pyridine rings is 1. The molecule has 170 valence electrons. The van der Waals surface area contributed by atoms with E-state index in [0.29, 0.717) is 51.0 Å². The third-order valence-electron chi connectivity index (χ3n) is 8.32. The smallest absolute Gasteiger partial charge is 0.135 e. The maximum atomic E-state index is 15.3. The summed E-state index contributed by atoms with van der Waals surface area (Å²) in [5, 5.41) is 12.7. The lowest BCUT2D eigenvalue weighted by molar-refractivity contribution is -0.985. The van der Waals surface area contributed by atoms with Crippen LogP contribution in [0.15, 0.2) is 49.1 Å². The summed E-state index contributed by atoms with van der Waals surface area (Å²) in [6.45, 7) is 6.12. The molecule has 0 amide bonds. The van der Waals surface area contributed by atoms with Crippen molar-refractivity contribution in [2.24, 2.45) is 11.8 Å². The Balaban J connectivity index is 1.67. The SMILES string of the molecule is C=CC1C[N+]23CCC1CC2[C@H](O)c1cc(nc2ccc(OC)cc12)-c1cc(F)cc(F)c1C3. The van der Waals surface area contributed by atoms with E-state index in [1.54, 1.807) is 7.11 Å². The van der Waals surface area contributed by atoms with Gasteiger partial charge in [0.2, 0.25) is 0 Å². The lowest BCUT2D eigenvalue weighted by Crippen LogP contribution is -2.67. The molecular formula is C27H27F2N2O2+. The van der Waals surface area contributed by atoms with Crippen molar-refractivity contribution in [3.8, 4) is 17.0 Å². The Kier molecular flexibility index (Phi) is 4.61. The van der Waals surface area contributed by atoms with Gasteiger partial charge in [0.1, 0.15) is 36.1 Å². The first-order chi connectivity index (χ1) is 15.9. The lowest BCUT2D eigenvalue weighted by Gasteiger charge is -2.58. The van der Waals surface area contributed by atoms with E-state index < -0.39 is 17.7 Å². The van der Waals surface area contributed by atoms with Crippen molar-refractivity contribution >= 4 is 10.9 Å². The van der Waals surface area contributed by atoms with Crippen LogP contribution in [0.1, 0.15) is 30.1 Å². The van der Waals surface area contributed by atoms with Gasteiger partial charge in [-0.05, 0) is 41.8 Å². The summed E-state index contributed by atoms with van der Waals surface area (Å²) in [7, 11) is 1.61. The minimum atomic E-state index is -0.753. The summed E-state index contributed by atoms with van der Waals surface area (Å²) in [6, 6.07) is 9.63. The standard InChI is InChI=1S/C27H27F2N2O2/c1-3-15-13-31-7-6-16(15)8-26(31)27(32)21-12-25(19-9-17(28)10-23(29)22(19)14-31)30-24-5-4-18(33-2)11-20(21)24/h3-5,9-12,15-16,26-27,32H,1,6-8,13-14H2,2H3/q+1/t15?,16?,26?,27-,31?/m1/s1. The van der Waals surface area contributed by atoms with Gasteiger partial charge in [-0.1, -0.05) is 6.08 Å². The number of rotatable bonds is 2. The van der Waals surface area contributed by atoms with Crippen LogP contribution in [0.2, 0.25) is 0 Å². The van der Waals surface area contributed by atoms with Crippen molar-refractivity contribution in [3.05, 3.63) is 71.8 Å². The van der Waals surface area contributed by atoms with E-state index in [0.717, 1.165) is 42.9 Å². The highest BCUT2D eigenvalue weighted by molar-refractivity contribution is 5.87. The van der Waals surface area contributed by atoms with Crippen molar-refractivity contribution in [2.75, 3.05) is 20.2 Å². The topological polar surface area (TPSA) is 42.4 Å². The summed E-state index contributed by atoms with van der Waals surface area (Å²) in [4.78, 5) is 4.77. The monoisotopic (exact) mass is 449 g/mol. The van der Waals surface area contributed by atoms with E-state index in [1.807, 2.05) is 30.3 Å². The Morgan fingerprint density at radius 3 is 2.85 bits per heavy atom. The Labute approximate surface area is 191 Å². The van der Waals surface area contributed by atoms with Gasteiger partial charge in [-0.3, -0.25) is 0 Å². The van der Waals surface area contributed by atoms with Gasteiger partial charge in [-0.15, -0.1) is 6.58 Å². The van der Waals surface area contributed by atoms with Crippen LogP contribution in [0.25, 0.3) is 22.2 Å². The molecule has 3 fully saturated rings. The molecular weight excluding hydrogens is 422 g/mol. The van der Waals surface area contributed by atoms with E-state index in [2.05, 4.69) is 6.58 Å². The van der Waals surface area contributed by atoms with Crippen molar-refractivity contribution in [2.45, 2.75) is 31.5 Å². The fraction of sp³-hybridized carbons (Fsp3) is 0.370. The number of ether oxygens (including phenoxy) is 1. The second-order valence-corrected chi connectivity index (χ2v) is 9.87. The molecule has 4 nitrogen and oxygen atoms in total. The summed E-state index contributed by atoms with van der Waals surface area (Å²) < 4.78 is 35.8. The van der Waals surface area contributed by atoms with Crippen LogP contribution in [-0.4, -0.2) is 40.8 Å². The van der Waals surface area contributed by atoms with Crippen LogP contribution in [0.4, 0.5) is 8.78 Å². The average Bonchev–Trinajstić information content (AvgIpc) is 2.86. The molecule has 4 bridgehead atoms. The first-order valence-corrected chi connectivity index (χ1v) is 11.6. The molecule has 33 heavy (non-hydrogen) atoms. The van der Waals surface area contributed by atoms with Crippen LogP contribution in [0, 0.1) is 23.5 Å². The van der Waals surface area contributed by atoms with Gasteiger partial charge in [-0.25, -0.2) is 13.8 Å². The predicted octanol–water partition coefficient (Wildman–Crippen LogP) is 5.15. The first-order valence-electron chi connectivity index (χ1n) is 11.6. The number of halogens is 2. The molecule has 5 atom stereocenters. The van der Waals surface area contributed by atoms with E-state index in [-0.39, 0.29) is 6.04 Å². The number of methoxy groups -OCH3 is 1. The molecule has 4 unspecified atom stereocenters. The number of benzene rings is 2. The fourth-order valence-electron chi connectivity index (χ4n) is 6.64. The summed E-state index contributed by atoms with van der Waals surface area (Å²) >= 11 is 0. The van der Waals surface area contributed by atoms with Crippen molar-refractivity contribution in [1.82, 2.24) is 4.98 Å². The number of hydrogen-bond acceptors (Lipinski definition) is 3. The van der Waals surface area contributed by atoms with Gasteiger partial charge >= 0.3 is 0 Å². The highest BCUT2D eigenvalue weighted by Crippen LogP contribution is 2.50. The normalized spacial score (nSPS) is 30.1. The largest absolute Gasteiger partial charge is 0.497 e. The Hall–Kier alpha value is -2.83. The Bertz CT molecular complexity index is 1290. The van der Waals surface area contributed by atoms with Crippen LogP contribution >= 0.6 is 0 Å². The van der Waals surface area contributed by atoms with E-state index >= 15 is 4.39 Å². The third-order valence-corrected chi connectivity index (χ3v) is 8.32. The zero-order valence-corrected chi connectivity index (χ0v) is 18.6. The molecule has 3 saturated heterocycles. The zero-order valence-electron chi connectivity index (χ0n) is 18.6. The number of aliphatic hydroxyl groups is 1. The van der Waals surface area contributed by atoms with E-state index in [1.165, 1.54) is 6.07 Å². The van der Waals surface area contributed by atoms with Gasteiger partial charge in [0.15, 0.2) is 0 Å². The minimum absolute atomic E-state index is 0.0833. The summed E-state index contributed by atoms with van der Waals surface area (Å²) in [5.74, 6) is 0.297. The molecule has 7 rings (SSSR count). The van der Waals surface area contributed by atoms with Gasteiger partial charge in [0, 0.05) is 35.8 Å². The van der Waals surface area contributed by atoms with Crippen LogP contribution in [0.5, 0.6) is 5.75 Å². The number of quaternary nitrogens is 1. The number of hydrogen-bond donors (Lipinski definition) is 1. The minimum Gasteiger partial charge on any atom is -0.497 e. The highest BCUT2D eigenvalue weighted by Gasteiger charge is 2.54. The molecule has 4 aliphatic rings. The molecule has 4 aliphatic heterocycles. The molecule has 1 spiro atoms. The molecule has 2 aromatic carbocycles. The van der Waals surface area contributed by atoms with Crippen LogP contribution in [-0.2, 0) is 6.54 Å². The van der Waals surface area contributed by atoms with Gasteiger partial charge in [-0.2, -0.15) is 0 Å². The lowest BCUT2D eigenvalue weighted by atomic mass is 9.71. The molecule has 5 heterocycles. The number of nitrogens with zero attached hydrogens (tertiary/aromatic N) is 2. The van der Waals surface area contributed by atoms with Crippen LogP contribution in [0.3, 0.4) is 0 Å². The molecule has 0 radical (unpaired) electrons. The summed E-state index contributed by atoms with van der Waals surface area (Å²) in [5.41, 5.74) is 2.85. The zero-order chi connectivity index (χ0) is 22.9. The molecule has 6 heteroatoms. The number of fused-ring (bicyclic) bond motifs is 8. The second-order valence-electron chi connectivity index (χ2n) is 9.87.